The molecular weight excluding hydrogens is 477 g/mol. The summed E-state index contributed by atoms with van der Waals surface area (Å²) < 4.78 is 21.1. The fourth-order valence-electron chi connectivity index (χ4n) is 3.67. The molecule has 5 rings (SSSR count). The fourth-order valence-corrected chi connectivity index (χ4v) is 4.06. The Morgan fingerprint density at radius 3 is 2.75 bits per heavy atom. The highest BCUT2D eigenvalue weighted by atomic mass is 79.9. The number of aryl methyl sites for hydroxylation is 1. The Morgan fingerprint density at radius 2 is 1.97 bits per heavy atom. The maximum absolute atomic E-state index is 14.9. The number of piperazine rings is 1. The second-order valence-electron chi connectivity index (χ2n) is 7.50. The largest absolute Gasteiger partial charge is 0.435 e. The summed E-state index contributed by atoms with van der Waals surface area (Å²) in [5, 5.41) is 6.97. The van der Waals surface area contributed by atoms with Crippen molar-refractivity contribution in [2.45, 2.75) is 6.92 Å². The van der Waals surface area contributed by atoms with E-state index < -0.39 is 5.82 Å². The number of aromatic nitrogens is 4. The van der Waals surface area contributed by atoms with Gasteiger partial charge in [0.05, 0.1) is 11.9 Å². The molecule has 1 saturated heterocycles. The third-order valence-corrected chi connectivity index (χ3v) is 5.99. The number of rotatable bonds is 5. The zero-order chi connectivity index (χ0) is 22.1. The van der Waals surface area contributed by atoms with Crippen molar-refractivity contribution in [2.24, 2.45) is 0 Å². The zero-order valence-electron chi connectivity index (χ0n) is 17.3. The van der Waals surface area contributed by atoms with Crippen LogP contribution >= 0.6 is 15.9 Å². The van der Waals surface area contributed by atoms with E-state index in [1.165, 1.54) is 6.33 Å². The summed E-state index contributed by atoms with van der Waals surface area (Å²) in [5.41, 5.74) is 2.67. The van der Waals surface area contributed by atoms with Crippen molar-refractivity contribution < 1.29 is 9.13 Å². The van der Waals surface area contributed by atoms with Crippen LogP contribution in [0, 0.1) is 12.7 Å². The number of hydrogen-bond acceptors (Lipinski definition) is 7. The van der Waals surface area contributed by atoms with Gasteiger partial charge in [0, 0.05) is 42.8 Å². The Morgan fingerprint density at radius 1 is 1.12 bits per heavy atom. The lowest BCUT2D eigenvalue weighted by Crippen LogP contribution is -2.43. The number of aromatic amines is 1. The highest BCUT2D eigenvalue weighted by Gasteiger charge is 2.17. The van der Waals surface area contributed by atoms with Gasteiger partial charge in [0.25, 0.3) is 0 Å². The van der Waals surface area contributed by atoms with Crippen LogP contribution in [0.5, 0.6) is 11.6 Å². The molecule has 0 saturated carbocycles. The molecule has 1 aromatic carbocycles. The predicted octanol–water partition coefficient (Wildman–Crippen LogP) is 4.51. The minimum absolute atomic E-state index is 0.0837. The summed E-state index contributed by atoms with van der Waals surface area (Å²) in [5.74, 6) is 0.934. The molecule has 0 bridgehead atoms. The van der Waals surface area contributed by atoms with E-state index in [-0.39, 0.29) is 11.6 Å². The molecule has 32 heavy (non-hydrogen) atoms. The summed E-state index contributed by atoms with van der Waals surface area (Å²) in [6, 6.07) is 9.02. The second kappa shape index (κ2) is 8.71. The Kier molecular flexibility index (Phi) is 5.62. The first-order valence-electron chi connectivity index (χ1n) is 10.2. The van der Waals surface area contributed by atoms with Gasteiger partial charge in [-0.15, -0.1) is 0 Å². The molecule has 3 N–H and O–H groups in total. The Balaban J connectivity index is 1.35. The Bertz CT molecular complexity index is 1260. The molecule has 8 nitrogen and oxygen atoms in total. The van der Waals surface area contributed by atoms with E-state index >= 15 is 0 Å². The van der Waals surface area contributed by atoms with E-state index in [2.05, 4.69) is 51.4 Å². The summed E-state index contributed by atoms with van der Waals surface area (Å²) in [6.07, 6.45) is 3.19. The van der Waals surface area contributed by atoms with Gasteiger partial charge < -0.3 is 25.3 Å². The molecule has 1 aliphatic heterocycles. The van der Waals surface area contributed by atoms with Crippen molar-refractivity contribution in [1.29, 1.82) is 0 Å². The molecule has 1 aliphatic rings. The molecule has 0 spiro atoms. The van der Waals surface area contributed by atoms with Gasteiger partial charge in [-0.3, -0.25) is 0 Å². The van der Waals surface area contributed by atoms with Gasteiger partial charge in [0.2, 0.25) is 5.88 Å². The fraction of sp³-hybridized carbons (Fsp3) is 0.227. The summed E-state index contributed by atoms with van der Waals surface area (Å²) >= 11 is 3.47. The standard InChI is InChI=1S/C22H21BrFN7O/c1-13-10-15-16(29-13)3-4-17(20(15)24)32-22-19(23)21(27-12-28-22)30-18-5-2-14(11-26-18)31-8-6-25-7-9-31/h2-5,10-12,25,29H,6-9H2,1H3,(H,26,27,28,30). The zero-order valence-corrected chi connectivity index (χ0v) is 18.9. The lowest BCUT2D eigenvalue weighted by molar-refractivity contribution is 0.427. The number of H-pyrrole nitrogens is 1. The highest BCUT2D eigenvalue weighted by molar-refractivity contribution is 9.10. The van der Waals surface area contributed by atoms with Crippen LogP contribution in [-0.2, 0) is 0 Å². The van der Waals surface area contributed by atoms with Gasteiger partial charge in [0.1, 0.15) is 16.6 Å². The molecule has 4 aromatic rings. The highest BCUT2D eigenvalue weighted by Crippen LogP contribution is 2.36. The van der Waals surface area contributed by atoms with E-state index in [4.69, 9.17) is 4.74 Å². The van der Waals surface area contributed by atoms with Crippen molar-refractivity contribution in [3.8, 4) is 11.6 Å². The number of pyridine rings is 1. The van der Waals surface area contributed by atoms with Crippen molar-refractivity contribution in [2.75, 3.05) is 36.4 Å². The van der Waals surface area contributed by atoms with Crippen molar-refractivity contribution in [3.63, 3.8) is 0 Å². The molecule has 0 amide bonds. The molecule has 164 valence electrons. The number of ether oxygens (including phenoxy) is 1. The minimum atomic E-state index is -0.447. The predicted molar refractivity (Wildman–Crippen MR) is 125 cm³/mol. The quantitative estimate of drug-likeness (QED) is 0.373. The summed E-state index contributed by atoms with van der Waals surface area (Å²) in [6.45, 7) is 5.72. The van der Waals surface area contributed by atoms with Gasteiger partial charge in [-0.1, -0.05) is 0 Å². The molecule has 10 heteroatoms. The lowest BCUT2D eigenvalue weighted by atomic mass is 10.2. The molecule has 0 unspecified atom stereocenters. The molecule has 0 atom stereocenters. The van der Waals surface area contributed by atoms with E-state index in [1.807, 2.05) is 25.3 Å². The SMILES string of the molecule is Cc1cc2c(F)c(Oc3ncnc(Nc4ccc(N5CCNCC5)cn4)c3Br)ccc2[nH]1. The first kappa shape index (κ1) is 20.7. The van der Waals surface area contributed by atoms with Gasteiger partial charge in [-0.05, 0) is 53.2 Å². The third kappa shape index (κ3) is 4.11. The van der Waals surface area contributed by atoms with E-state index in [0.29, 0.717) is 27.0 Å². The molecule has 1 fully saturated rings. The molecule has 3 aromatic heterocycles. The Labute approximate surface area is 192 Å². The minimum Gasteiger partial charge on any atom is -0.435 e. The maximum atomic E-state index is 14.9. The Hall–Kier alpha value is -3.24. The number of nitrogens with zero attached hydrogens (tertiary/aromatic N) is 4. The number of fused-ring (bicyclic) bond motifs is 1. The van der Waals surface area contributed by atoms with Gasteiger partial charge in [-0.25, -0.2) is 19.3 Å². The van der Waals surface area contributed by atoms with Crippen LogP contribution in [0.25, 0.3) is 10.9 Å². The van der Waals surface area contributed by atoms with E-state index in [1.54, 1.807) is 18.2 Å². The van der Waals surface area contributed by atoms with Crippen LogP contribution < -0.4 is 20.3 Å². The number of halogens is 2. The van der Waals surface area contributed by atoms with Crippen molar-refractivity contribution in [3.05, 3.63) is 58.8 Å². The van der Waals surface area contributed by atoms with Gasteiger partial charge >= 0.3 is 0 Å². The monoisotopic (exact) mass is 497 g/mol. The number of anilines is 3. The number of nitrogens with one attached hydrogen (secondary N) is 3. The third-order valence-electron chi connectivity index (χ3n) is 5.28. The van der Waals surface area contributed by atoms with Crippen molar-refractivity contribution >= 4 is 44.2 Å². The van der Waals surface area contributed by atoms with Crippen LogP contribution in [0.15, 0.2) is 47.3 Å². The molecular formula is C22H21BrFN7O. The maximum Gasteiger partial charge on any atom is 0.239 e. The number of benzene rings is 1. The normalized spacial score (nSPS) is 14.0. The average molecular weight is 498 g/mol. The molecule has 0 radical (unpaired) electrons. The summed E-state index contributed by atoms with van der Waals surface area (Å²) in [7, 11) is 0. The number of hydrogen-bond donors (Lipinski definition) is 3. The van der Waals surface area contributed by atoms with E-state index in [0.717, 1.165) is 37.6 Å². The van der Waals surface area contributed by atoms with E-state index in [9.17, 15) is 4.39 Å². The second-order valence-corrected chi connectivity index (χ2v) is 8.29. The smallest absolute Gasteiger partial charge is 0.239 e. The van der Waals surface area contributed by atoms with Crippen molar-refractivity contribution in [1.82, 2.24) is 25.3 Å². The van der Waals surface area contributed by atoms with Crippen LogP contribution in [0.1, 0.15) is 5.69 Å². The molecule has 4 heterocycles. The first-order chi connectivity index (χ1) is 15.6. The van der Waals surface area contributed by atoms with Crippen LogP contribution in [-0.4, -0.2) is 46.1 Å². The van der Waals surface area contributed by atoms with Crippen LogP contribution in [0.3, 0.4) is 0 Å². The van der Waals surface area contributed by atoms with Crippen LogP contribution in [0.2, 0.25) is 0 Å². The average Bonchev–Trinajstić information content (AvgIpc) is 3.20. The summed E-state index contributed by atoms with van der Waals surface area (Å²) in [4.78, 5) is 18.3. The first-order valence-corrected chi connectivity index (χ1v) is 11.0. The van der Waals surface area contributed by atoms with Gasteiger partial charge in [0.15, 0.2) is 17.4 Å². The topological polar surface area (TPSA) is 91.0 Å². The van der Waals surface area contributed by atoms with Crippen LogP contribution in [0.4, 0.5) is 21.7 Å². The molecule has 0 aliphatic carbocycles. The van der Waals surface area contributed by atoms with Gasteiger partial charge in [-0.2, -0.15) is 0 Å². The lowest BCUT2D eigenvalue weighted by Gasteiger charge is -2.29.